The fourth-order valence-electron chi connectivity index (χ4n) is 9.94. The zero-order valence-corrected chi connectivity index (χ0v) is 61.5. The van der Waals surface area contributed by atoms with Crippen molar-refractivity contribution >= 4 is 0 Å². The Bertz CT molecular complexity index is 2240. The number of rotatable bonds is 0. The van der Waals surface area contributed by atoms with Gasteiger partial charge in [-0.2, -0.15) is 0 Å². The van der Waals surface area contributed by atoms with Crippen molar-refractivity contribution in [1.82, 2.24) is 52.3 Å². The zero-order valence-electron chi connectivity index (χ0n) is 57.5. The maximum atomic E-state index is 11.1. The Morgan fingerprint density at radius 1 is 0.273 bits per heavy atom. The standard InChI is InChI=1S/C34H58N6O2.C32H52N4O2.4CH3.4Ni/c1-33(2,3)29-17-25-21-35-9-13-39(7)15-11-37-23-27-19-30(34(4,5)6)20-28(32(27)42)24-38-12-16-40(8)14-10-36-22-26(18-29)31(25)41;1-31(2,3)27-15-23-19-33-11-7-9-13-35-21-25-17-28(32(4,5)6)18-26(30(25)38)22-36-14-10-8-12-34-20-24(16-27)29(23)37;;;;;;;;/h17-20,35-38,41-42H,9-16,21-24H2,1-8H3;15-18,33-38H,7-14,19-22H2,1-6H3;4*1H3;;;;/q;;4*-1;4*+3. The molecular formula is C70H122N10Ni4O4+8. The molecular weight excluding hydrogens is 1280 g/mol. The first-order valence-electron chi connectivity index (χ1n) is 30.2. The Kier molecular flexibility index (Phi) is 46.3. The van der Waals surface area contributed by atoms with Crippen LogP contribution in [0.15, 0.2) is 48.5 Å². The van der Waals surface area contributed by atoms with Gasteiger partial charge in [0.25, 0.3) is 0 Å². The second-order valence-electron chi connectivity index (χ2n) is 27.0. The van der Waals surface area contributed by atoms with E-state index in [0.29, 0.717) is 75.4 Å². The zero-order chi connectivity index (χ0) is 58.7. The van der Waals surface area contributed by atoms with E-state index in [9.17, 15) is 20.4 Å². The summed E-state index contributed by atoms with van der Waals surface area (Å²) in [6.07, 6.45) is 4.18. The molecule has 0 amide bonds. The molecule has 12 N–H and O–H groups in total. The number of fused-ring (bicyclic) bond motifs is 8. The molecule has 4 radical (unpaired) electrons. The van der Waals surface area contributed by atoms with Crippen LogP contribution in [0, 0.1) is 29.7 Å². The summed E-state index contributed by atoms with van der Waals surface area (Å²) in [5, 5.41) is 72.5. The number of hydrogen-bond acceptors (Lipinski definition) is 14. The maximum absolute atomic E-state index is 11.1. The van der Waals surface area contributed by atoms with Crippen molar-refractivity contribution in [2.75, 3.05) is 92.6 Å². The Balaban J connectivity index is -0.000000738. The molecule has 18 heteroatoms. The van der Waals surface area contributed by atoms with Crippen molar-refractivity contribution in [2.45, 2.75) is 183 Å². The van der Waals surface area contributed by atoms with Crippen molar-refractivity contribution in [2.24, 2.45) is 0 Å². The van der Waals surface area contributed by atoms with Crippen LogP contribution < -0.4 is 42.5 Å². The van der Waals surface area contributed by atoms with E-state index >= 15 is 0 Å². The molecule has 0 saturated carbocycles. The first-order chi connectivity index (χ1) is 37.7. The van der Waals surface area contributed by atoms with E-state index in [1.54, 1.807) is 0 Å². The fourth-order valence-corrected chi connectivity index (χ4v) is 9.94. The average Bonchev–Trinajstić information content (AvgIpc) is 3.42. The third-order valence-corrected chi connectivity index (χ3v) is 15.7. The minimum atomic E-state index is 0. The normalized spacial score (nSPS) is 16.7. The molecule has 0 saturated heterocycles. The maximum Gasteiger partial charge on any atom is 3.00 e. The summed E-state index contributed by atoms with van der Waals surface area (Å²) in [5.41, 5.74) is 12.8. The molecule has 2 aliphatic rings. The van der Waals surface area contributed by atoms with Gasteiger partial charge >= 0.3 is 66.0 Å². The van der Waals surface area contributed by atoms with Gasteiger partial charge in [-0.05, 0) is 110 Å². The van der Waals surface area contributed by atoms with Gasteiger partial charge in [0.05, 0.1) is 0 Å². The monoisotopic (exact) mass is 1400 g/mol. The third-order valence-electron chi connectivity index (χ3n) is 15.7. The molecule has 4 aromatic carbocycles. The number of benzene rings is 4. The van der Waals surface area contributed by atoms with E-state index in [1.807, 2.05) is 0 Å². The van der Waals surface area contributed by atoms with Crippen LogP contribution in [0.3, 0.4) is 0 Å². The number of hydrogen-bond donors (Lipinski definition) is 12. The van der Waals surface area contributed by atoms with Crippen LogP contribution in [0.5, 0.6) is 23.0 Å². The Morgan fingerprint density at radius 2 is 0.409 bits per heavy atom. The fraction of sp³-hybridized carbons (Fsp3) is 0.600. The first kappa shape index (κ1) is 92.1. The van der Waals surface area contributed by atoms with Gasteiger partial charge in [0, 0.05) is 149 Å². The Morgan fingerprint density at radius 3 is 0.545 bits per heavy atom. The summed E-state index contributed by atoms with van der Waals surface area (Å²) in [7, 11) is 4.27. The van der Waals surface area contributed by atoms with Gasteiger partial charge in [0.2, 0.25) is 0 Å². The molecule has 0 atom stereocenters. The van der Waals surface area contributed by atoms with Crippen molar-refractivity contribution in [3.63, 3.8) is 0 Å². The van der Waals surface area contributed by atoms with E-state index in [1.165, 1.54) is 22.3 Å². The predicted molar refractivity (Wildman–Crippen MR) is 360 cm³/mol. The Hall–Kier alpha value is -2.35. The van der Waals surface area contributed by atoms with Gasteiger partial charge in [-0.15, -0.1) is 0 Å². The number of nitrogens with one attached hydrogen (secondary N) is 8. The van der Waals surface area contributed by atoms with Crippen LogP contribution in [-0.2, 0) is 140 Å². The molecule has 6 rings (SSSR count). The number of aromatic hydroxyl groups is 4. The molecule has 0 aromatic heterocycles. The van der Waals surface area contributed by atoms with Crippen molar-refractivity contribution in [3.05, 3.63) is 145 Å². The van der Waals surface area contributed by atoms with E-state index in [2.05, 4.69) is 198 Å². The number of nitrogens with zero attached hydrogens (tertiary/aromatic N) is 2. The molecule has 0 spiro atoms. The molecule has 2 heterocycles. The van der Waals surface area contributed by atoms with Crippen LogP contribution in [0.2, 0.25) is 0 Å². The van der Waals surface area contributed by atoms with E-state index in [4.69, 9.17) is 0 Å². The summed E-state index contributed by atoms with van der Waals surface area (Å²) in [5.74, 6) is 1.63. The summed E-state index contributed by atoms with van der Waals surface area (Å²) >= 11 is 0. The summed E-state index contributed by atoms with van der Waals surface area (Å²) < 4.78 is 0. The quantitative estimate of drug-likeness (QED) is 0.0590. The smallest absolute Gasteiger partial charge is 0.507 e. The van der Waals surface area contributed by atoms with Gasteiger partial charge < -0.3 is 102 Å². The molecule has 0 fully saturated rings. The van der Waals surface area contributed by atoms with Gasteiger partial charge in [0.1, 0.15) is 23.0 Å². The van der Waals surface area contributed by atoms with Gasteiger partial charge in [0.15, 0.2) is 0 Å². The SMILES string of the molecule is CC(C)(C)c1cc2c(O)c(c1)CNCCCCNCc1cc(C(C)(C)C)cc(c1O)CNCCCCNC2.CN1CCNCc2cc(C(C)(C)C)cc(c2O)CNCCN(C)CCNCc2cc(C(C)(C)C)cc(c2O)CNCC1.[CH3-].[CH3-].[CH3-].[CH3-].[Ni+3].[Ni+3].[Ni+3].[Ni+3]. The summed E-state index contributed by atoms with van der Waals surface area (Å²) in [6.45, 7) is 42.4. The molecule has 508 valence electrons. The number of phenolic OH excluding ortho intramolecular Hbond substituents is 4. The summed E-state index contributed by atoms with van der Waals surface area (Å²) in [6, 6.07) is 17.2. The molecule has 2 aliphatic heterocycles. The van der Waals surface area contributed by atoms with E-state index in [0.717, 1.165) is 149 Å². The van der Waals surface area contributed by atoms with Crippen LogP contribution >= 0.6 is 0 Å². The molecule has 8 bridgehead atoms. The molecule has 14 nitrogen and oxygen atoms in total. The van der Waals surface area contributed by atoms with Crippen molar-refractivity contribution < 1.29 is 86.4 Å². The molecule has 4 aromatic rings. The second kappa shape index (κ2) is 44.3. The topological polar surface area (TPSA) is 184 Å². The van der Waals surface area contributed by atoms with Crippen molar-refractivity contribution in [1.29, 1.82) is 0 Å². The van der Waals surface area contributed by atoms with Gasteiger partial charge in [-0.1, -0.05) is 132 Å². The minimum Gasteiger partial charge on any atom is -0.507 e. The van der Waals surface area contributed by atoms with Crippen molar-refractivity contribution in [3.8, 4) is 23.0 Å². The molecule has 88 heavy (non-hydrogen) atoms. The number of likely N-dealkylation sites (N-methyl/N-ethyl adjacent to an activating group) is 2. The number of phenols is 4. The second-order valence-corrected chi connectivity index (χ2v) is 27.0. The molecule has 0 unspecified atom stereocenters. The largest absolute Gasteiger partial charge is 3.00 e. The van der Waals surface area contributed by atoms with E-state index in [-0.39, 0.29) is 117 Å². The predicted octanol–water partition coefficient (Wildman–Crippen LogP) is 10.7. The van der Waals surface area contributed by atoms with Crippen LogP contribution in [0.1, 0.15) is 176 Å². The minimum absolute atomic E-state index is 0. The van der Waals surface area contributed by atoms with Gasteiger partial charge in [-0.25, -0.2) is 0 Å². The first-order valence-corrected chi connectivity index (χ1v) is 30.2. The summed E-state index contributed by atoms with van der Waals surface area (Å²) in [4.78, 5) is 4.61. The van der Waals surface area contributed by atoms with Crippen LogP contribution in [-0.4, -0.2) is 123 Å². The van der Waals surface area contributed by atoms with E-state index < -0.39 is 0 Å². The van der Waals surface area contributed by atoms with Crippen LogP contribution in [0.25, 0.3) is 0 Å². The third kappa shape index (κ3) is 31.1. The Labute approximate surface area is 578 Å². The van der Waals surface area contributed by atoms with Crippen LogP contribution in [0.4, 0.5) is 0 Å². The average molecular weight is 1400 g/mol. The molecule has 0 aliphatic carbocycles. The van der Waals surface area contributed by atoms with Gasteiger partial charge in [-0.3, -0.25) is 0 Å².